The van der Waals surface area contributed by atoms with Gasteiger partial charge in [-0.3, -0.25) is 19.2 Å². The van der Waals surface area contributed by atoms with E-state index >= 15 is 0 Å². The third-order valence-electron chi connectivity index (χ3n) is 10.0. The number of nitrogens with zero attached hydrogens (tertiary/aromatic N) is 3. The molecule has 2 aliphatic rings. The van der Waals surface area contributed by atoms with E-state index in [0.29, 0.717) is 53.5 Å². The molecule has 0 bridgehead atoms. The summed E-state index contributed by atoms with van der Waals surface area (Å²) in [5.41, 5.74) is 5.54. The molecule has 3 amide bonds. The molecule has 3 aromatic carbocycles. The molecule has 12 nitrogen and oxygen atoms in total. The fraction of sp³-hybridized carbons (Fsp3) is 0.381. The number of Topliss-reactive ketones (excluding diaryl/α,β-unsaturated/α-hetero) is 1. The summed E-state index contributed by atoms with van der Waals surface area (Å²) in [7, 11) is 7.20. The van der Waals surface area contributed by atoms with Crippen LogP contribution >= 0.6 is 0 Å². The van der Waals surface area contributed by atoms with Crippen LogP contribution in [0, 0.1) is 5.41 Å². The quantitative estimate of drug-likeness (QED) is 0.111. The van der Waals surface area contributed by atoms with Gasteiger partial charge in [0.25, 0.3) is 11.8 Å². The number of nitrogens with one attached hydrogen (secondary N) is 3. The van der Waals surface area contributed by atoms with Crippen molar-refractivity contribution >= 4 is 40.6 Å². The fourth-order valence-electron chi connectivity index (χ4n) is 7.34. The number of carbonyl (C=O) groups is 4. The largest absolute Gasteiger partial charge is 0.493 e. The number of amides is 3. The van der Waals surface area contributed by atoms with Crippen molar-refractivity contribution in [1.82, 2.24) is 15.2 Å². The highest BCUT2D eigenvalue weighted by molar-refractivity contribution is 6.12. The van der Waals surface area contributed by atoms with Gasteiger partial charge in [-0.25, -0.2) is 0 Å². The van der Waals surface area contributed by atoms with E-state index in [9.17, 15) is 19.2 Å². The van der Waals surface area contributed by atoms with E-state index in [-0.39, 0.29) is 54.4 Å². The number of aryl methyl sites for hydroxylation is 1. The summed E-state index contributed by atoms with van der Waals surface area (Å²) in [4.78, 5) is 56.8. The summed E-state index contributed by atoms with van der Waals surface area (Å²) in [6.45, 7) is 6.35. The van der Waals surface area contributed by atoms with E-state index in [1.165, 1.54) is 5.56 Å². The molecule has 4 aromatic rings. The third kappa shape index (κ3) is 8.44. The SMILES string of the molecule is CNCC(C)(C)CNC(=O)c1cc(CC(=O)c2cccc(NC(=O)CCCOc3cc4c(cc3OC)C(=O)N3c5ccccc5C[C@H]3CN4C)c2)cn1C. The van der Waals surface area contributed by atoms with Crippen molar-refractivity contribution in [2.75, 3.05) is 62.6 Å². The number of ketones is 1. The molecule has 284 valence electrons. The Labute approximate surface area is 316 Å². The van der Waals surface area contributed by atoms with Gasteiger partial charge in [0.2, 0.25) is 5.91 Å². The Morgan fingerprint density at radius 2 is 1.74 bits per heavy atom. The van der Waals surface area contributed by atoms with Crippen LogP contribution in [0.1, 0.15) is 69.0 Å². The Hall–Kier alpha value is -5.62. The molecule has 6 rings (SSSR count). The van der Waals surface area contributed by atoms with Gasteiger partial charge in [0, 0.05) is 75.8 Å². The van der Waals surface area contributed by atoms with Crippen LogP contribution in [0.15, 0.2) is 72.9 Å². The number of hydrogen-bond acceptors (Lipinski definition) is 8. The number of methoxy groups -OCH3 is 1. The number of aromatic nitrogens is 1. The average Bonchev–Trinajstić information content (AvgIpc) is 3.68. The highest BCUT2D eigenvalue weighted by Crippen LogP contribution is 2.42. The lowest BCUT2D eigenvalue weighted by molar-refractivity contribution is -0.116. The van der Waals surface area contributed by atoms with Gasteiger partial charge in [-0.1, -0.05) is 44.2 Å². The summed E-state index contributed by atoms with van der Waals surface area (Å²) in [6.07, 6.45) is 3.34. The number of carbonyl (C=O) groups excluding carboxylic acids is 4. The number of rotatable bonds is 15. The first kappa shape index (κ1) is 38.1. The van der Waals surface area contributed by atoms with Gasteiger partial charge in [0.1, 0.15) is 5.69 Å². The summed E-state index contributed by atoms with van der Waals surface area (Å²) in [5.74, 6) is 0.366. The van der Waals surface area contributed by atoms with Crippen LogP contribution in [0.4, 0.5) is 17.1 Å². The lowest BCUT2D eigenvalue weighted by atomic mass is 9.93. The standard InChI is InChI=1S/C42H50N6O6/c1-42(2,25-43-3)26-44-40(51)35-17-27(23-46(35)4)18-36(49)29-12-9-13-30(19-29)45-39(50)15-10-16-54-38-22-34-32(21-37(38)53-6)41(52)48-31(24-47(34)5)20-28-11-7-8-14-33(28)48/h7-9,11-14,17,19,21-23,31,43H,10,15-16,18,20,24-26H2,1-6H3,(H,44,51)(H,45,50)/t31-/m0/s1. The molecule has 0 fully saturated rings. The van der Waals surface area contributed by atoms with Gasteiger partial charge >= 0.3 is 0 Å². The van der Waals surface area contributed by atoms with E-state index in [1.807, 2.05) is 43.3 Å². The average molecular weight is 735 g/mol. The Morgan fingerprint density at radius 3 is 2.52 bits per heavy atom. The molecular formula is C42H50N6O6. The van der Waals surface area contributed by atoms with E-state index in [2.05, 4.69) is 40.8 Å². The van der Waals surface area contributed by atoms with E-state index in [0.717, 1.165) is 29.9 Å². The van der Waals surface area contributed by atoms with Crippen molar-refractivity contribution in [3.05, 3.63) is 101 Å². The minimum absolute atomic E-state index is 0.0306. The summed E-state index contributed by atoms with van der Waals surface area (Å²) in [6, 6.07) is 20.3. The van der Waals surface area contributed by atoms with Crippen LogP contribution in [0.3, 0.4) is 0 Å². The molecule has 3 N–H and O–H groups in total. The van der Waals surface area contributed by atoms with Gasteiger partial charge in [-0.15, -0.1) is 0 Å². The van der Waals surface area contributed by atoms with E-state index in [1.54, 1.807) is 61.3 Å². The predicted octanol–water partition coefficient (Wildman–Crippen LogP) is 5.25. The molecule has 12 heteroatoms. The zero-order valence-electron chi connectivity index (χ0n) is 32.0. The predicted molar refractivity (Wildman–Crippen MR) is 210 cm³/mol. The molecule has 0 unspecified atom stereocenters. The maximum atomic E-state index is 13.9. The lowest BCUT2D eigenvalue weighted by Gasteiger charge is -2.25. The number of anilines is 3. The number of para-hydroxylation sites is 1. The van der Waals surface area contributed by atoms with E-state index in [4.69, 9.17) is 9.47 Å². The van der Waals surface area contributed by atoms with Crippen LogP contribution in [-0.2, 0) is 24.7 Å². The second kappa shape index (κ2) is 16.2. The van der Waals surface area contributed by atoms with Crippen molar-refractivity contribution in [2.24, 2.45) is 12.5 Å². The zero-order valence-corrected chi connectivity index (χ0v) is 32.0. The fourth-order valence-corrected chi connectivity index (χ4v) is 7.34. The van der Waals surface area contributed by atoms with Crippen molar-refractivity contribution in [3.63, 3.8) is 0 Å². The van der Waals surface area contributed by atoms with Gasteiger partial charge in [-0.2, -0.15) is 0 Å². The molecule has 3 heterocycles. The molecule has 54 heavy (non-hydrogen) atoms. The first-order valence-corrected chi connectivity index (χ1v) is 18.4. The number of ether oxygens (including phenoxy) is 2. The minimum Gasteiger partial charge on any atom is -0.493 e. The van der Waals surface area contributed by atoms with Gasteiger partial charge in [0.15, 0.2) is 17.3 Å². The molecule has 0 saturated heterocycles. The van der Waals surface area contributed by atoms with Crippen LogP contribution in [0.25, 0.3) is 0 Å². The topological polar surface area (TPSA) is 134 Å². The number of benzene rings is 3. The third-order valence-corrected chi connectivity index (χ3v) is 10.0. The lowest BCUT2D eigenvalue weighted by Crippen LogP contribution is -2.41. The Kier molecular flexibility index (Phi) is 11.4. The first-order chi connectivity index (χ1) is 25.9. The highest BCUT2D eigenvalue weighted by atomic mass is 16.5. The first-order valence-electron chi connectivity index (χ1n) is 18.4. The molecule has 1 atom stereocenters. The maximum absolute atomic E-state index is 13.9. The van der Waals surface area contributed by atoms with Crippen LogP contribution in [-0.4, -0.2) is 81.6 Å². The zero-order chi connectivity index (χ0) is 38.6. The molecule has 2 aliphatic heterocycles. The number of hydrogen-bond donors (Lipinski definition) is 3. The molecule has 0 aliphatic carbocycles. The van der Waals surface area contributed by atoms with Crippen LogP contribution in [0.5, 0.6) is 11.5 Å². The number of likely N-dealkylation sites (N-methyl/N-ethyl adjacent to an activating group) is 1. The summed E-state index contributed by atoms with van der Waals surface area (Å²) >= 11 is 0. The second-order valence-corrected chi connectivity index (χ2v) is 15.0. The van der Waals surface area contributed by atoms with E-state index < -0.39 is 0 Å². The molecule has 0 saturated carbocycles. The summed E-state index contributed by atoms with van der Waals surface area (Å²) in [5, 5.41) is 9.02. The van der Waals surface area contributed by atoms with Crippen LogP contribution in [0.2, 0.25) is 0 Å². The van der Waals surface area contributed by atoms with Gasteiger partial charge in [0.05, 0.1) is 31.0 Å². The van der Waals surface area contributed by atoms with Crippen molar-refractivity contribution < 1.29 is 28.7 Å². The van der Waals surface area contributed by atoms with Gasteiger partial charge in [-0.05, 0) is 66.8 Å². The molecular weight excluding hydrogens is 684 g/mol. The second-order valence-electron chi connectivity index (χ2n) is 15.0. The van der Waals surface area contributed by atoms with Crippen molar-refractivity contribution in [1.29, 1.82) is 0 Å². The number of fused-ring (bicyclic) bond motifs is 4. The molecule has 1 aromatic heterocycles. The normalized spacial score (nSPS) is 14.9. The minimum atomic E-state index is -0.208. The Morgan fingerprint density at radius 1 is 0.944 bits per heavy atom. The molecule has 0 spiro atoms. The highest BCUT2D eigenvalue weighted by Gasteiger charge is 2.39. The smallest absolute Gasteiger partial charge is 0.267 e. The van der Waals surface area contributed by atoms with Crippen molar-refractivity contribution in [3.8, 4) is 11.5 Å². The van der Waals surface area contributed by atoms with Crippen molar-refractivity contribution in [2.45, 2.75) is 45.6 Å². The molecule has 0 radical (unpaired) electrons. The Bertz CT molecular complexity index is 2050. The van der Waals surface area contributed by atoms with Gasteiger partial charge < -0.3 is 39.8 Å². The van der Waals surface area contributed by atoms with Crippen LogP contribution < -0.4 is 35.2 Å². The Balaban J connectivity index is 1.01. The maximum Gasteiger partial charge on any atom is 0.267 e. The summed E-state index contributed by atoms with van der Waals surface area (Å²) < 4.78 is 13.5. The monoisotopic (exact) mass is 734 g/mol.